The number of likely N-dealkylation sites (tertiary alicyclic amines) is 1. The van der Waals surface area contributed by atoms with Crippen LogP contribution in [0.5, 0.6) is 11.5 Å². The number of aliphatic hydroxyl groups excluding tert-OH is 1. The third-order valence-electron chi connectivity index (χ3n) is 7.77. The van der Waals surface area contributed by atoms with Gasteiger partial charge in [0.2, 0.25) is 0 Å². The number of hydrogen-bond donors (Lipinski definition) is 2. The number of hydrogen-bond acceptors (Lipinski definition) is 11. The molecule has 3 radical (unpaired) electrons. The standard InChI is InChI=1S/C13H17N3O3.C12H15N3O3.CH4O.B.Na.H/c1-14-6-13(7-14)8-15(9-13)10-3-4-11(16(17)18)12(5-10)19-2;1-18-11-4-9(2-3-10(11)15(16)17)14-7-12(8-14)5-13-6-12;1-2;;;/h3-5H,6-9H2,1-2H3;2-4,13H,5-8H2,1H3;2H,1H3;;;/q;;;;+1;-1. The third-order valence-corrected chi connectivity index (χ3v) is 7.77. The van der Waals surface area contributed by atoms with E-state index in [9.17, 15) is 20.2 Å². The molecule has 0 unspecified atom stereocenters. The van der Waals surface area contributed by atoms with Crippen LogP contribution in [0.1, 0.15) is 1.43 Å². The van der Waals surface area contributed by atoms with E-state index in [2.05, 4.69) is 27.1 Å². The molecule has 2 aromatic rings. The van der Waals surface area contributed by atoms with E-state index >= 15 is 0 Å². The third kappa shape index (κ3) is 7.07. The monoisotopic (exact) mass is 579 g/mol. The van der Waals surface area contributed by atoms with Crippen LogP contribution in [-0.4, -0.2) is 109 Å². The normalized spacial score (nSPS) is 18.7. The molecule has 4 saturated heterocycles. The Morgan fingerprint density at radius 1 is 0.805 bits per heavy atom. The topological polar surface area (TPSA) is 147 Å². The number of rotatable bonds is 6. The fourth-order valence-electron chi connectivity index (χ4n) is 5.92. The predicted molar refractivity (Wildman–Crippen MR) is 154 cm³/mol. The van der Waals surface area contributed by atoms with E-state index in [1.165, 1.54) is 26.4 Å². The summed E-state index contributed by atoms with van der Waals surface area (Å²) in [6.07, 6.45) is 0. The van der Waals surface area contributed by atoms with Gasteiger partial charge in [-0.2, -0.15) is 0 Å². The Balaban J connectivity index is 0.000000372. The van der Waals surface area contributed by atoms with Crippen LogP contribution >= 0.6 is 0 Å². The van der Waals surface area contributed by atoms with Crippen LogP contribution in [-0.2, 0) is 0 Å². The molecule has 0 amide bonds. The molecule has 217 valence electrons. The minimum Gasteiger partial charge on any atom is -1.00 e. The van der Waals surface area contributed by atoms with Gasteiger partial charge in [0.1, 0.15) is 0 Å². The van der Waals surface area contributed by atoms with Gasteiger partial charge in [0.05, 0.1) is 24.1 Å². The van der Waals surface area contributed by atoms with Gasteiger partial charge in [-0.15, -0.1) is 0 Å². The molecule has 2 spiro atoms. The molecule has 6 rings (SSSR count). The number of benzene rings is 2. The second kappa shape index (κ2) is 14.0. The van der Waals surface area contributed by atoms with Crippen molar-refractivity contribution in [3.63, 3.8) is 0 Å². The molecule has 0 aliphatic carbocycles. The number of nitro benzene ring substituents is 2. The van der Waals surface area contributed by atoms with E-state index < -0.39 is 9.85 Å². The summed E-state index contributed by atoms with van der Waals surface area (Å²) in [5.41, 5.74) is 2.92. The average Bonchev–Trinajstić information content (AvgIpc) is 2.84. The van der Waals surface area contributed by atoms with Gasteiger partial charge < -0.3 is 36.0 Å². The summed E-state index contributed by atoms with van der Waals surface area (Å²) < 4.78 is 10.2. The van der Waals surface area contributed by atoms with Gasteiger partial charge in [0, 0.05) is 114 Å². The molecule has 2 aromatic carbocycles. The Labute approximate surface area is 265 Å². The average molecular weight is 579 g/mol. The first-order valence-electron chi connectivity index (χ1n) is 12.7. The summed E-state index contributed by atoms with van der Waals surface area (Å²) in [4.78, 5) is 27.6. The maximum Gasteiger partial charge on any atom is 1.00 e. The van der Waals surface area contributed by atoms with Crippen LogP contribution in [0, 0.1) is 31.1 Å². The van der Waals surface area contributed by atoms with Crippen LogP contribution in [0.25, 0.3) is 0 Å². The zero-order chi connectivity index (χ0) is 28.4. The van der Waals surface area contributed by atoms with Gasteiger partial charge in [0.25, 0.3) is 0 Å². The summed E-state index contributed by atoms with van der Waals surface area (Å²) in [5, 5.41) is 31.9. The summed E-state index contributed by atoms with van der Waals surface area (Å²) in [6, 6.07) is 10.1. The molecular formula is C26H37BN6NaO7. The SMILES string of the molecule is CO.COc1cc(N2CC3(CN(C)C3)C2)ccc1[N+](=O)[O-].COc1cc(N2CC3(CNC3)C2)ccc1[N+](=O)[O-].[B].[H-].[Na+]. The van der Waals surface area contributed by atoms with Crippen molar-refractivity contribution >= 4 is 31.2 Å². The van der Waals surface area contributed by atoms with E-state index in [1.54, 1.807) is 24.3 Å². The first-order chi connectivity index (χ1) is 18.7. The summed E-state index contributed by atoms with van der Waals surface area (Å²) in [7, 11) is 6.05. The number of nitrogens with one attached hydrogen (secondary N) is 1. The molecule has 13 nitrogen and oxygen atoms in total. The predicted octanol–water partition coefficient (Wildman–Crippen LogP) is -1.29. The smallest absolute Gasteiger partial charge is 1.00 e. The molecule has 0 saturated carbocycles. The Morgan fingerprint density at radius 3 is 1.49 bits per heavy atom. The Morgan fingerprint density at radius 2 is 1.20 bits per heavy atom. The van der Waals surface area contributed by atoms with Crippen molar-refractivity contribution < 1.29 is 55.4 Å². The van der Waals surface area contributed by atoms with E-state index in [1.807, 2.05) is 0 Å². The maximum atomic E-state index is 10.8. The van der Waals surface area contributed by atoms with Crippen molar-refractivity contribution in [1.29, 1.82) is 0 Å². The molecule has 2 N–H and O–H groups in total. The molecule has 41 heavy (non-hydrogen) atoms. The summed E-state index contributed by atoms with van der Waals surface area (Å²) in [5.74, 6) is 0.652. The Bertz CT molecular complexity index is 1220. The summed E-state index contributed by atoms with van der Waals surface area (Å²) in [6.45, 7) is 8.53. The molecular weight excluding hydrogens is 542 g/mol. The van der Waals surface area contributed by atoms with Crippen LogP contribution < -0.4 is 54.1 Å². The second-order valence-electron chi connectivity index (χ2n) is 10.7. The van der Waals surface area contributed by atoms with Crippen molar-refractivity contribution in [2.75, 3.05) is 90.5 Å². The zero-order valence-electron chi connectivity index (χ0n) is 25.3. The minimum atomic E-state index is -0.421. The van der Waals surface area contributed by atoms with Gasteiger partial charge >= 0.3 is 40.9 Å². The minimum absolute atomic E-state index is 0. The largest absolute Gasteiger partial charge is 1.00 e. The van der Waals surface area contributed by atoms with Gasteiger partial charge in [-0.3, -0.25) is 20.2 Å². The van der Waals surface area contributed by atoms with Crippen molar-refractivity contribution in [3.05, 3.63) is 56.6 Å². The number of ether oxygens (including phenoxy) is 2. The van der Waals surface area contributed by atoms with Crippen LogP contribution in [0.3, 0.4) is 0 Å². The number of aliphatic hydroxyl groups is 1. The fraction of sp³-hybridized carbons (Fsp3) is 0.538. The van der Waals surface area contributed by atoms with Crippen LogP contribution in [0.4, 0.5) is 22.7 Å². The van der Waals surface area contributed by atoms with Gasteiger partial charge in [-0.1, -0.05) is 0 Å². The number of anilines is 2. The maximum absolute atomic E-state index is 10.8. The molecule has 4 heterocycles. The quantitative estimate of drug-likeness (QED) is 0.240. The van der Waals surface area contributed by atoms with E-state index in [-0.39, 0.29) is 50.8 Å². The van der Waals surface area contributed by atoms with E-state index in [0.29, 0.717) is 22.3 Å². The summed E-state index contributed by atoms with van der Waals surface area (Å²) >= 11 is 0. The number of nitro groups is 2. The number of nitrogens with zero attached hydrogens (tertiary/aromatic N) is 5. The molecule has 0 bridgehead atoms. The molecule has 4 fully saturated rings. The fourth-order valence-corrected chi connectivity index (χ4v) is 5.92. The second-order valence-corrected chi connectivity index (χ2v) is 10.7. The molecule has 4 aliphatic rings. The van der Waals surface area contributed by atoms with Crippen LogP contribution in [0.2, 0.25) is 0 Å². The van der Waals surface area contributed by atoms with Gasteiger partial charge in [0.15, 0.2) is 11.5 Å². The van der Waals surface area contributed by atoms with Crippen molar-refractivity contribution in [1.82, 2.24) is 10.2 Å². The molecule has 4 aliphatic heterocycles. The molecule has 0 aromatic heterocycles. The molecule has 0 atom stereocenters. The van der Waals surface area contributed by atoms with E-state index in [4.69, 9.17) is 14.6 Å². The molecule has 15 heteroatoms. The zero-order valence-corrected chi connectivity index (χ0v) is 26.3. The Hall–Kier alpha value is -2.62. The van der Waals surface area contributed by atoms with Gasteiger partial charge in [-0.25, -0.2) is 0 Å². The van der Waals surface area contributed by atoms with E-state index in [0.717, 1.165) is 70.8 Å². The number of methoxy groups -OCH3 is 2. The van der Waals surface area contributed by atoms with Crippen molar-refractivity contribution in [2.24, 2.45) is 10.8 Å². The van der Waals surface area contributed by atoms with Crippen molar-refractivity contribution in [3.8, 4) is 11.5 Å². The first-order valence-corrected chi connectivity index (χ1v) is 12.7. The van der Waals surface area contributed by atoms with Gasteiger partial charge in [-0.05, 0) is 19.2 Å². The Kier molecular flexibility index (Phi) is 11.8. The first kappa shape index (κ1) is 34.6. The van der Waals surface area contributed by atoms with Crippen LogP contribution in [0.15, 0.2) is 36.4 Å². The van der Waals surface area contributed by atoms with Crippen molar-refractivity contribution in [2.45, 2.75) is 0 Å².